The van der Waals surface area contributed by atoms with Crippen LogP contribution in [0, 0.1) is 0 Å². The van der Waals surface area contributed by atoms with Gasteiger partial charge in [-0.15, -0.1) is 11.3 Å². The number of ether oxygens (including phenoxy) is 1. The van der Waals surface area contributed by atoms with Crippen LogP contribution in [0.4, 0.5) is 5.00 Å². The van der Waals surface area contributed by atoms with Gasteiger partial charge in [0.15, 0.2) is 0 Å². The number of carbonyl (C=O) groups excluding carboxylic acids is 3. The molecule has 0 unspecified atom stereocenters. The number of thiophene rings is 1. The molecule has 0 fully saturated rings. The van der Waals surface area contributed by atoms with Crippen LogP contribution in [0.5, 0.6) is 0 Å². The van der Waals surface area contributed by atoms with Crippen molar-refractivity contribution in [1.82, 2.24) is 9.80 Å². The molecular formula is C19H27N3O5S. The van der Waals surface area contributed by atoms with Gasteiger partial charge in [0, 0.05) is 31.6 Å². The number of nitrogens with zero attached hydrogens (tertiary/aromatic N) is 3. The molecule has 0 radical (unpaired) electrons. The molecule has 1 aromatic rings. The highest BCUT2D eigenvalue weighted by atomic mass is 32.1. The Morgan fingerprint density at radius 2 is 2.00 bits per heavy atom. The van der Waals surface area contributed by atoms with Crippen molar-refractivity contribution in [3.05, 3.63) is 16.0 Å². The van der Waals surface area contributed by atoms with E-state index in [0.717, 1.165) is 10.4 Å². The van der Waals surface area contributed by atoms with E-state index in [1.165, 1.54) is 21.1 Å². The number of anilines is 1. The summed E-state index contributed by atoms with van der Waals surface area (Å²) in [5.41, 5.74) is 0.543. The van der Waals surface area contributed by atoms with Crippen LogP contribution in [0.1, 0.15) is 41.6 Å². The molecule has 3 heterocycles. The van der Waals surface area contributed by atoms with Crippen molar-refractivity contribution in [2.75, 3.05) is 44.8 Å². The first-order valence-electron chi connectivity index (χ1n) is 9.45. The Balaban J connectivity index is 1.97. The van der Waals surface area contributed by atoms with E-state index in [4.69, 9.17) is 4.74 Å². The van der Waals surface area contributed by atoms with Gasteiger partial charge in [-0.25, -0.2) is 0 Å². The summed E-state index contributed by atoms with van der Waals surface area (Å²) in [5.74, 6) is -0.487. The van der Waals surface area contributed by atoms with Gasteiger partial charge in [0.2, 0.25) is 5.91 Å². The Bertz CT molecular complexity index is 804. The summed E-state index contributed by atoms with van der Waals surface area (Å²) < 4.78 is 5.60. The van der Waals surface area contributed by atoms with E-state index >= 15 is 0 Å². The second kappa shape index (κ2) is 7.81. The van der Waals surface area contributed by atoms with Crippen LogP contribution in [-0.2, 0) is 27.3 Å². The van der Waals surface area contributed by atoms with Crippen molar-refractivity contribution in [3.8, 4) is 0 Å². The monoisotopic (exact) mass is 409 g/mol. The first-order chi connectivity index (χ1) is 13.2. The smallest absolute Gasteiger partial charge is 0.257 e. The maximum atomic E-state index is 12.9. The molecule has 2 aliphatic rings. The van der Waals surface area contributed by atoms with Crippen molar-refractivity contribution in [2.45, 2.75) is 39.3 Å². The fraction of sp³-hybridized carbons (Fsp3) is 0.632. The minimum Gasteiger partial charge on any atom is -0.395 e. The number of rotatable bonds is 5. The number of likely N-dealkylation sites (N-methyl/N-ethyl adjacent to an activating group) is 1. The van der Waals surface area contributed by atoms with Crippen LogP contribution in [0.2, 0.25) is 0 Å². The molecular weight excluding hydrogens is 382 g/mol. The second-order valence-electron chi connectivity index (χ2n) is 7.53. The van der Waals surface area contributed by atoms with Gasteiger partial charge >= 0.3 is 0 Å². The Morgan fingerprint density at radius 3 is 2.64 bits per heavy atom. The van der Waals surface area contributed by atoms with Gasteiger partial charge in [0.25, 0.3) is 11.8 Å². The molecule has 0 aromatic carbocycles. The third kappa shape index (κ3) is 3.54. The third-order valence-electron chi connectivity index (χ3n) is 5.15. The Kier molecular flexibility index (Phi) is 5.79. The molecule has 0 saturated heterocycles. The fourth-order valence-electron chi connectivity index (χ4n) is 3.77. The van der Waals surface area contributed by atoms with E-state index in [1.807, 2.05) is 6.92 Å². The minimum atomic E-state index is -0.907. The summed E-state index contributed by atoms with van der Waals surface area (Å²) in [6.45, 7) is 6.67. The van der Waals surface area contributed by atoms with Crippen molar-refractivity contribution >= 4 is 34.1 Å². The highest BCUT2D eigenvalue weighted by Crippen LogP contribution is 2.41. The Labute approximate surface area is 168 Å². The molecule has 0 bridgehead atoms. The first kappa shape index (κ1) is 20.8. The number of amides is 3. The van der Waals surface area contributed by atoms with Gasteiger partial charge in [-0.2, -0.15) is 0 Å². The molecule has 0 atom stereocenters. The lowest BCUT2D eigenvalue weighted by atomic mass is 9.99. The lowest BCUT2D eigenvalue weighted by Crippen LogP contribution is -2.48. The van der Waals surface area contributed by atoms with Crippen LogP contribution in [0.15, 0.2) is 0 Å². The zero-order chi connectivity index (χ0) is 20.6. The SMILES string of the molecule is CCOC(C)(C)C(=O)N1CCc2c(sc3c2C(=O)N(C)CC(=O)N3CCO)C1. The lowest BCUT2D eigenvalue weighted by Gasteiger charge is -2.34. The topological polar surface area (TPSA) is 90.4 Å². The van der Waals surface area contributed by atoms with Gasteiger partial charge in [-0.1, -0.05) is 0 Å². The summed E-state index contributed by atoms with van der Waals surface area (Å²) in [5, 5.41) is 9.97. The predicted molar refractivity (Wildman–Crippen MR) is 106 cm³/mol. The largest absolute Gasteiger partial charge is 0.395 e. The van der Waals surface area contributed by atoms with Crippen molar-refractivity contribution in [2.24, 2.45) is 0 Å². The summed E-state index contributed by atoms with van der Waals surface area (Å²) >= 11 is 1.37. The van der Waals surface area contributed by atoms with Crippen molar-refractivity contribution < 1.29 is 24.2 Å². The number of carbonyl (C=O) groups is 3. The normalized spacial score (nSPS) is 17.5. The number of hydrogen-bond donors (Lipinski definition) is 1. The van der Waals surface area contributed by atoms with Crippen LogP contribution < -0.4 is 4.90 Å². The molecule has 1 N–H and O–H groups in total. The average molecular weight is 410 g/mol. The molecule has 8 nitrogen and oxygen atoms in total. The van der Waals surface area contributed by atoms with Gasteiger partial charge in [0.1, 0.15) is 17.1 Å². The first-order valence-corrected chi connectivity index (χ1v) is 10.3. The molecule has 0 saturated carbocycles. The molecule has 3 rings (SSSR count). The Hall–Kier alpha value is -1.97. The zero-order valence-electron chi connectivity index (χ0n) is 16.8. The van der Waals surface area contributed by atoms with Gasteiger partial charge < -0.3 is 19.6 Å². The van der Waals surface area contributed by atoms with Gasteiger partial charge in [-0.05, 0) is 32.8 Å². The molecule has 0 spiro atoms. The molecule has 9 heteroatoms. The molecule has 154 valence electrons. The average Bonchev–Trinajstić information content (AvgIpc) is 2.98. The molecule has 3 amide bonds. The highest BCUT2D eigenvalue weighted by Gasteiger charge is 2.39. The fourth-order valence-corrected chi connectivity index (χ4v) is 5.16. The number of hydrogen-bond acceptors (Lipinski definition) is 6. The van der Waals surface area contributed by atoms with Crippen molar-refractivity contribution in [1.29, 1.82) is 0 Å². The van der Waals surface area contributed by atoms with Crippen molar-refractivity contribution in [3.63, 3.8) is 0 Å². The second-order valence-corrected chi connectivity index (χ2v) is 8.62. The minimum absolute atomic E-state index is 0.0117. The van der Waals surface area contributed by atoms with Crippen LogP contribution in [0.25, 0.3) is 0 Å². The molecule has 2 aliphatic heterocycles. The Morgan fingerprint density at radius 1 is 1.29 bits per heavy atom. The summed E-state index contributed by atoms with van der Waals surface area (Å²) in [4.78, 5) is 43.9. The number of aliphatic hydroxyl groups excluding tert-OH is 1. The summed E-state index contributed by atoms with van der Waals surface area (Å²) in [6.07, 6.45) is 0.551. The van der Waals surface area contributed by atoms with Gasteiger partial charge in [-0.3, -0.25) is 19.3 Å². The molecule has 0 aliphatic carbocycles. The quantitative estimate of drug-likeness (QED) is 0.779. The van der Waals surface area contributed by atoms with E-state index in [9.17, 15) is 19.5 Å². The van der Waals surface area contributed by atoms with Crippen LogP contribution >= 0.6 is 11.3 Å². The summed E-state index contributed by atoms with van der Waals surface area (Å²) in [7, 11) is 1.61. The van der Waals surface area contributed by atoms with Crippen LogP contribution in [0.3, 0.4) is 0 Å². The maximum Gasteiger partial charge on any atom is 0.257 e. The lowest BCUT2D eigenvalue weighted by molar-refractivity contribution is -0.154. The summed E-state index contributed by atoms with van der Waals surface area (Å²) in [6, 6.07) is 0. The number of β-amino-alcohol motifs (C(OH)–C–C–N with tert-alkyl or cyclic N) is 1. The van der Waals surface area contributed by atoms with Crippen LogP contribution in [-0.4, -0.2) is 78.1 Å². The highest BCUT2D eigenvalue weighted by molar-refractivity contribution is 7.17. The standard InChI is InChI=1S/C19H27N3O5S/c1-5-27-19(2,3)18(26)21-7-6-12-13(10-21)28-17-15(12)16(25)20(4)11-14(24)22(17)8-9-23/h23H,5-11H2,1-4H3. The van der Waals surface area contributed by atoms with E-state index in [1.54, 1.807) is 25.8 Å². The third-order valence-corrected chi connectivity index (χ3v) is 6.39. The zero-order valence-corrected chi connectivity index (χ0v) is 17.6. The van der Waals surface area contributed by atoms with E-state index in [-0.39, 0.29) is 37.4 Å². The molecule has 28 heavy (non-hydrogen) atoms. The number of aliphatic hydroxyl groups is 1. The predicted octanol–water partition coefficient (Wildman–Crippen LogP) is 0.859. The van der Waals surface area contributed by atoms with Gasteiger partial charge in [0.05, 0.1) is 18.7 Å². The van der Waals surface area contributed by atoms with E-state index in [0.29, 0.717) is 36.7 Å². The number of fused-ring (bicyclic) bond motifs is 3. The van der Waals surface area contributed by atoms with E-state index in [2.05, 4.69) is 0 Å². The maximum absolute atomic E-state index is 12.9. The molecule has 1 aromatic heterocycles. The van der Waals surface area contributed by atoms with E-state index < -0.39 is 5.60 Å².